The zero-order valence-corrected chi connectivity index (χ0v) is 19.2. The molecule has 0 radical (unpaired) electrons. The second-order valence-corrected chi connectivity index (χ2v) is 8.40. The van der Waals surface area contributed by atoms with E-state index >= 15 is 0 Å². The third-order valence-corrected chi connectivity index (χ3v) is 6.26. The van der Waals surface area contributed by atoms with Gasteiger partial charge >= 0.3 is 6.18 Å². The van der Waals surface area contributed by atoms with Gasteiger partial charge in [0.25, 0.3) is 5.91 Å². The monoisotopic (exact) mass is 488 g/mol. The maximum atomic E-state index is 13.9. The standard InChI is InChI=1S/C26H27F3N2O4/c1-34-18-9-7-17(8-10-18)20-16-21-22(26(27,28)29)5-2-6-23(21)31(25(33)24(20)32)14-13-30-12-11-19-4-3-15-35-19/h2-10,15,20,24,30,32H,11-14,16H2,1H3/t20-,24+/m0/s1. The van der Waals surface area contributed by atoms with Crippen LogP contribution in [-0.2, 0) is 23.8 Å². The minimum atomic E-state index is -4.60. The SMILES string of the molecule is COc1ccc([C@@H]2Cc3c(cccc3C(F)(F)F)N(CCNCCc3ccco3)C(=O)[C@@H]2O)cc1. The first kappa shape index (κ1) is 24.8. The van der Waals surface area contributed by atoms with Crippen LogP contribution in [0.3, 0.4) is 0 Å². The Balaban J connectivity index is 1.62. The predicted molar refractivity (Wildman–Crippen MR) is 125 cm³/mol. The number of amides is 1. The second-order valence-electron chi connectivity index (χ2n) is 8.40. The number of ether oxygens (including phenoxy) is 1. The van der Waals surface area contributed by atoms with Crippen LogP contribution in [0.2, 0.25) is 0 Å². The summed E-state index contributed by atoms with van der Waals surface area (Å²) in [6.07, 6.45) is -4.01. The first-order chi connectivity index (χ1) is 16.8. The molecule has 0 aliphatic carbocycles. The van der Waals surface area contributed by atoms with Crippen molar-refractivity contribution in [2.75, 3.05) is 31.6 Å². The molecule has 1 amide bonds. The summed E-state index contributed by atoms with van der Waals surface area (Å²) < 4.78 is 52.3. The third-order valence-electron chi connectivity index (χ3n) is 6.26. The minimum Gasteiger partial charge on any atom is -0.497 e. The molecule has 0 bridgehead atoms. The number of halogens is 3. The van der Waals surface area contributed by atoms with E-state index in [0.29, 0.717) is 30.8 Å². The summed E-state index contributed by atoms with van der Waals surface area (Å²) in [6.45, 7) is 1.02. The van der Waals surface area contributed by atoms with Crippen molar-refractivity contribution >= 4 is 11.6 Å². The van der Waals surface area contributed by atoms with Crippen LogP contribution in [0.1, 0.15) is 28.4 Å². The van der Waals surface area contributed by atoms with Crippen molar-refractivity contribution in [2.45, 2.75) is 31.0 Å². The highest BCUT2D eigenvalue weighted by atomic mass is 19.4. The number of anilines is 1. The Kier molecular flexibility index (Phi) is 7.47. The Morgan fingerprint density at radius 1 is 1.11 bits per heavy atom. The molecule has 6 nitrogen and oxygen atoms in total. The molecule has 2 atom stereocenters. The normalized spacial score (nSPS) is 18.3. The van der Waals surface area contributed by atoms with E-state index < -0.39 is 29.7 Å². The third kappa shape index (κ3) is 5.52. The summed E-state index contributed by atoms with van der Waals surface area (Å²) >= 11 is 0. The Morgan fingerprint density at radius 3 is 2.54 bits per heavy atom. The van der Waals surface area contributed by atoms with Crippen molar-refractivity contribution in [2.24, 2.45) is 0 Å². The van der Waals surface area contributed by atoms with Crippen LogP contribution in [0.4, 0.5) is 18.9 Å². The summed E-state index contributed by atoms with van der Waals surface area (Å²) in [7, 11) is 1.51. The van der Waals surface area contributed by atoms with E-state index in [4.69, 9.17) is 9.15 Å². The number of benzene rings is 2. The molecular formula is C26H27F3N2O4. The molecule has 2 N–H and O–H groups in total. The fraction of sp³-hybridized carbons (Fsp3) is 0.346. The lowest BCUT2D eigenvalue weighted by Crippen LogP contribution is -2.44. The van der Waals surface area contributed by atoms with Crippen LogP contribution < -0.4 is 15.0 Å². The van der Waals surface area contributed by atoms with Gasteiger partial charge < -0.3 is 24.5 Å². The van der Waals surface area contributed by atoms with Gasteiger partial charge in [0.1, 0.15) is 17.6 Å². The number of hydrogen-bond acceptors (Lipinski definition) is 5. The van der Waals surface area contributed by atoms with Gasteiger partial charge in [-0.05, 0) is 53.9 Å². The molecule has 186 valence electrons. The lowest BCUT2D eigenvalue weighted by Gasteiger charge is -2.26. The van der Waals surface area contributed by atoms with Gasteiger partial charge in [0.2, 0.25) is 0 Å². The van der Waals surface area contributed by atoms with E-state index in [0.717, 1.165) is 11.8 Å². The molecule has 1 aromatic heterocycles. The predicted octanol–water partition coefficient (Wildman–Crippen LogP) is 4.17. The van der Waals surface area contributed by atoms with Gasteiger partial charge in [0.05, 0.1) is 18.9 Å². The zero-order chi connectivity index (χ0) is 25.0. The highest BCUT2D eigenvalue weighted by molar-refractivity contribution is 5.99. The number of nitrogens with one attached hydrogen (secondary N) is 1. The Labute approximate surface area is 201 Å². The molecule has 2 heterocycles. The van der Waals surface area contributed by atoms with Crippen molar-refractivity contribution in [3.8, 4) is 5.75 Å². The second kappa shape index (κ2) is 10.5. The van der Waals surface area contributed by atoms with Crippen LogP contribution >= 0.6 is 0 Å². The lowest BCUT2D eigenvalue weighted by molar-refractivity contribution is -0.138. The summed E-state index contributed by atoms with van der Waals surface area (Å²) in [5, 5.41) is 14.2. The molecule has 9 heteroatoms. The number of furan rings is 1. The Hall–Kier alpha value is -3.30. The average Bonchev–Trinajstić information content (AvgIpc) is 3.34. The number of carbonyl (C=O) groups excluding carboxylic acids is 1. The molecule has 0 saturated heterocycles. The van der Waals surface area contributed by atoms with Gasteiger partial charge in [0, 0.05) is 37.7 Å². The van der Waals surface area contributed by atoms with Crippen molar-refractivity contribution in [1.29, 1.82) is 0 Å². The fourth-order valence-electron chi connectivity index (χ4n) is 4.45. The van der Waals surface area contributed by atoms with E-state index in [9.17, 15) is 23.1 Å². The molecule has 2 aromatic carbocycles. The van der Waals surface area contributed by atoms with Crippen molar-refractivity contribution < 1.29 is 32.2 Å². The molecule has 0 fully saturated rings. The Morgan fingerprint density at radius 2 is 1.89 bits per heavy atom. The van der Waals surface area contributed by atoms with Gasteiger partial charge in [-0.25, -0.2) is 0 Å². The molecule has 1 aliphatic heterocycles. The summed E-state index contributed by atoms with van der Waals surface area (Å²) in [4.78, 5) is 14.6. The maximum absolute atomic E-state index is 13.9. The fourth-order valence-corrected chi connectivity index (χ4v) is 4.45. The number of carbonyl (C=O) groups is 1. The molecule has 4 rings (SSSR count). The van der Waals surface area contributed by atoms with Gasteiger partial charge in [-0.2, -0.15) is 13.2 Å². The summed E-state index contributed by atoms with van der Waals surface area (Å²) in [5.74, 6) is -0.0904. The number of rotatable bonds is 8. The van der Waals surface area contributed by atoms with E-state index in [2.05, 4.69) is 5.32 Å². The first-order valence-corrected chi connectivity index (χ1v) is 11.3. The Bertz CT molecular complexity index is 1130. The van der Waals surface area contributed by atoms with Crippen LogP contribution in [0.15, 0.2) is 65.3 Å². The number of aliphatic hydroxyl groups is 1. The van der Waals surface area contributed by atoms with Crippen LogP contribution in [0.5, 0.6) is 5.75 Å². The number of aliphatic hydroxyl groups excluding tert-OH is 1. The van der Waals surface area contributed by atoms with Crippen LogP contribution in [0.25, 0.3) is 0 Å². The van der Waals surface area contributed by atoms with E-state index in [1.807, 2.05) is 6.07 Å². The molecular weight excluding hydrogens is 461 g/mol. The van der Waals surface area contributed by atoms with E-state index in [1.165, 1.54) is 24.1 Å². The highest BCUT2D eigenvalue weighted by Gasteiger charge is 2.41. The number of nitrogens with zero attached hydrogens (tertiary/aromatic N) is 1. The van der Waals surface area contributed by atoms with Gasteiger partial charge in [0.15, 0.2) is 0 Å². The zero-order valence-electron chi connectivity index (χ0n) is 19.2. The van der Waals surface area contributed by atoms with Crippen molar-refractivity contribution in [1.82, 2.24) is 5.32 Å². The van der Waals surface area contributed by atoms with Gasteiger partial charge in [-0.15, -0.1) is 0 Å². The first-order valence-electron chi connectivity index (χ1n) is 11.3. The highest BCUT2D eigenvalue weighted by Crippen LogP contribution is 2.42. The van der Waals surface area contributed by atoms with Gasteiger partial charge in [-0.1, -0.05) is 18.2 Å². The number of hydrogen-bond donors (Lipinski definition) is 2. The van der Waals surface area contributed by atoms with Crippen molar-refractivity contribution in [3.05, 3.63) is 83.3 Å². The summed E-state index contributed by atoms with van der Waals surface area (Å²) in [6, 6.07) is 14.1. The van der Waals surface area contributed by atoms with Crippen molar-refractivity contribution in [3.63, 3.8) is 0 Å². The number of methoxy groups -OCH3 is 1. The molecule has 1 aliphatic rings. The minimum absolute atomic E-state index is 0.00121. The number of alkyl halides is 3. The molecule has 0 saturated carbocycles. The average molecular weight is 489 g/mol. The lowest BCUT2D eigenvalue weighted by atomic mass is 9.86. The molecule has 0 unspecified atom stereocenters. The van der Waals surface area contributed by atoms with Gasteiger partial charge in [-0.3, -0.25) is 4.79 Å². The largest absolute Gasteiger partial charge is 0.497 e. The quantitative estimate of drug-likeness (QED) is 0.466. The maximum Gasteiger partial charge on any atom is 0.416 e. The molecule has 35 heavy (non-hydrogen) atoms. The topological polar surface area (TPSA) is 74.9 Å². The number of fused-ring (bicyclic) bond motifs is 1. The van der Waals surface area contributed by atoms with E-state index in [-0.39, 0.29) is 24.2 Å². The molecule has 3 aromatic rings. The smallest absolute Gasteiger partial charge is 0.416 e. The van der Waals surface area contributed by atoms with E-state index in [1.54, 1.807) is 36.6 Å². The van der Waals surface area contributed by atoms with Crippen LogP contribution in [0, 0.1) is 0 Å². The molecule has 0 spiro atoms. The van der Waals surface area contributed by atoms with Crippen LogP contribution in [-0.4, -0.2) is 43.9 Å². The summed E-state index contributed by atoms with van der Waals surface area (Å²) in [5.41, 5.74) is -0.0618.